The van der Waals surface area contributed by atoms with Crippen LogP contribution in [0, 0.1) is 23.2 Å². The fourth-order valence-electron chi connectivity index (χ4n) is 7.02. The molecule has 2 bridgehead atoms. The smallest absolute Gasteiger partial charge is 0.329 e. The van der Waals surface area contributed by atoms with Gasteiger partial charge in [0.15, 0.2) is 0 Å². The number of aromatic nitrogens is 2. The maximum atomic E-state index is 13.3. The molecule has 2 aliphatic carbocycles. The molecule has 6 nitrogen and oxygen atoms in total. The molecule has 3 fully saturated rings. The molecule has 1 aromatic heterocycles. The molecule has 0 spiro atoms. The van der Waals surface area contributed by atoms with Gasteiger partial charge < -0.3 is 15.1 Å². The second-order valence-electron chi connectivity index (χ2n) is 10.8. The molecule has 1 aliphatic heterocycles. The molecule has 0 amide bonds. The average molecular weight is 428 g/mol. The van der Waals surface area contributed by atoms with Crippen molar-refractivity contribution in [1.29, 1.82) is 0 Å². The number of para-hydroxylation sites is 2. The van der Waals surface area contributed by atoms with Gasteiger partial charge in [0.05, 0.1) is 30.3 Å². The van der Waals surface area contributed by atoms with Gasteiger partial charge >= 0.3 is 5.69 Å². The van der Waals surface area contributed by atoms with E-state index in [0.717, 1.165) is 54.7 Å². The SMILES string of the molecule is CC1(C)[C@H]2CC[C@H](C2)[C@H]1CN1CCC(n2c(=O)n(C[C@H](O)CO)c3ccccc32)CC1. The van der Waals surface area contributed by atoms with E-state index in [1.807, 2.05) is 28.8 Å². The predicted molar refractivity (Wildman–Crippen MR) is 122 cm³/mol. The van der Waals surface area contributed by atoms with Gasteiger partial charge in [-0.1, -0.05) is 26.0 Å². The van der Waals surface area contributed by atoms with Gasteiger partial charge in [0.1, 0.15) is 0 Å². The van der Waals surface area contributed by atoms with Crippen LogP contribution in [0.15, 0.2) is 29.1 Å². The highest BCUT2D eigenvalue weighted by atomic mass is 16.3. The highest BCUT2D eigenvalue weighted by molar-refractivity contribution is 5.76. The largest absolute Gasteiger partial charge is 0.394 e. The molecule has 4 atom stereocenters. The Labute approximate surface area is 184 Å². The standard InChI is InChI=1S/C25H37N3O3/c1-25(2)18-8-7-17(13-18)21(25)15-26-11-9-19(10-12-26)28-23-6-4-3-5-22(23)27(24(28)31)14-20(30)16-29/h3-6,17-21,29-30H,7-16H2,1-2H3/t17-,18+,20+,21-/m1/s1. The lowest BCUT2D eigenvalue weighted by atomic mass is 9.68. The number of hydrogen-bond acceptors (Lipinski definition) is 4. The summed E-state index contributed by atoms with van der Waals surface area (Å²) in [6.07, 6.45) is 5.32. The van der Waals surface area contributed by atoms with Gasteiger partial charge in [-0.2, -0.15) is 0 Å². The van der Waals surface area contributed by atoms with Crippen molar-refractivity contribution in [2.75, 3.05) is 26.2 Å². The number of nitrogens with zero attached hydrogens (tertiary/aromatic N) is 3. The zero-order chi connectivity index (χ0) is 21.8. The maximum absolute atomic E-state index is 13.3. The maximum Gasteiger partial charge on any atom is 0.329 e. The average Bonchev–Trinajstić information content (AvgIpc) is 3.42. The minimum absolute atomic E-state index is 0.0682. The Kier molecular flexibility index (Phi) is 5.51. The Morgan fingerprint density at radius 1 is 1.10 bits per heavy atom. The Balaban J connectivity index is 1.32. The molecule has 3 aliphatic rings. The van der Waals surface area contributed by atoms with Gasteiger partial charge in [-0.3, -0.25) is 9.13 Å². The summed E-state index contributed by atoms with van der Waals surface area (Å²) in [6.45, 7) is 8.05. The number of piperidine rings is 1. The van der Waals surface area contributed by atoms with Gasteiger partial charge in [-0.05, 0) is 67.4 Å². The number of aliphatic hydroxyl groups excluding tert-OH is 2. The molecule has 6 heteroatoms. The van der Waals surface area contributed by atoms with E-state index in [4.69, 9.17) is 0 Å². The van der Waals surface area contributed by atoms with Crippen molar-refractivity contribution in [1.82, 2.24) is 14.0 Å². The first-order chi connectivity index (χ1) is 14.9. The lowest BCUT2D eigenvalue weighted by Crippen LogP contribution is -2.44. The lowest BCUT2D eigenvalue weighted by molar-refractivity contribution is 0.0643. The van der Waals surface area contributed by atoms with Crippen LogP contribution >= 0.6 is 0 Å². The summed E-state index contributed by atoms with van der Waals surface area (Å²) < 4.78 is 3.57. The van der Waals surface area contributed by atoms with Crippen LogP contribution in [0.25, 0.3) is 11.0 Å². The highest BCUT2D eigenvalue weighted by Gasteiger charge is 2.52. The minimum Gasteiger partial charge on any atom is -0.394 e. The van der Waals surface area contributed by atoms with Gasteiger partial charge in [0.25, 0.3) is 0 Å². The van der Waals surface area contributed by atoms with Crippen molar-refractivity contribution in [2.45, 2.75) is 64.6 Å². The van der Waals surface area contributed by atoms with Crippen LogP contribution in [0.1, 0.15) is 52.0 Å². The third kappa shape index (κ3) is 3.57. The Hall–Kier alpha value is -1.63. The number of fused-ring (bicyclic) bond motifs is 3. The van der Waals surface area contributed by atoms with Gasteiger partial charge in [0, 0.05) is 25.7 Å². The summed E-state index contributed by atoms with van der Waals surface area (Å²) in [5.41, 5.74) is 2.18. The summed E-state index contributed by atoms with van der Waals surface area (Å²) in [5.74, 6) is 2.64. The van der Waals surface area contributed by atoms with Crippen molar-refractivity contribution >= 4 is 11.0 Å². The molecule has 5 rings (SSSR count). The van der Waals surface area contributed by atoms with Crippen LogP contribution in [-0.4, -0.2) is 56.6 Å². The fourth-order valence-corrected chi connectivity index (χ4v) is 7.02. The van der Waals surface area contributed by atoms with E-state index in [2.05, 4.69) is 18.7 Å². The van der Waals surface area contributed by atoms with Crippen molar-refractivity contribution in [3.63, 3.8) is 0 Å². The summed E-state index contributed by atoms with van der Waals surface area (Å²) in [6, 6.07) is 8.02. The van der Waals surface area contributed by atoms with Gasteiger partial charge in [-0.25, -0.2) is 4.79 Å². The first-order valence-electron chi connectivity index (χ1n) is 12.1. The van der Waals surface area contributed by atoms with Crippen LogP contribution in [0.3, 0.4) is 0 Å². The first kappa shape index (κ1) is 21.2. The predicted octanol–water partition coefficient (Wildman–Crippen LogP) is 2.87. The van der Waals surface area contributed by atoms with Crippen molar-refractivity contribution < 1.29 is 10.2 Å². The topological polar surface area (TPSA) is 70.6 Å². The van der Waals surface area contributed by atoms with Gasteiger partial charge in [-0.15, -0.1) is 0 Å². The molecule has 0 radical (unpaired) electrons. The molecule has 2 saturated carbocycles. The number of rotatable bonds is 6. The molecule has 2 aromatic rings. The summed E-state index contributed by atoms with van der Waals surface area (Å²) >= 11 is 0. The number of aliphatic hydroxyl groups is 2. The zero-order valence-corrected chi connectivity index (χ0v) is 18.9. The van der Waals surface area contributed by atoms with Crippen LogP contribution in [0.4, 0.5) is 0 Å². The van der Waals surface area contributed by atoms with Crippen LogP contribution in [0.5, 0.6) is 0 Å². The minimum atomic E-state index is -0.927. The molecule has 170 valence electrons. The van der Waals surface area contributed by atoms with Gasteiger partial charge in [0.2, 0.25) is 0 Å². The van der Waals surface area contributed by atoms with E-state index in [1.54, 1.807) is 4.57 Å². The quantitative estimate of drug-likeness (QED) is 0.744. The summed E-state index contributed by atoms with van der Waals surface area (Å²) in [5, 5.41) is 19.2. The van der Waals surface area contributed by atoms with E-state index in [1.165, 1.54) is 25.8 Å². The number of likely N-dealkylation sites (tertiary alicyclic amines) is 1. The van der Waals surface area contributed by atoms with E-state index in [0.29, 0.717) is 5.41 Å². The molecule has 31 heavy (non-hydrogen) atoms. The summed E-state index contributed by atoms with van der Waals surface area (Å²) in [7, 11) is 0. The first-order valence-corrected chi connectivity index (χ1v) is 12.1. The van der Waals surface area contributed by atoms with E-state index in [9.17, 15) is 15.0 Å². The third-order valence-corrected chi connectivity index (χ3v) is 8.90. The second-order valence-corrected chi connectivity index (χ2v) is 10.8. The Bertz CT molecular complexity index is 986. The zero-order valence-electron chi connectivity index (χ0n) is 18.9. The molecule has 2 N–H and O–H groups in total. The lowest BCUT2D eigenvalue weighted by Gasteiger charge is -2.42. The second kappa shape index (κ2) is 8.05. The molecular formula is C25H37N3O3. The Morgan fingerprint density at radius 2 is 1.81 bits per heavy atom. The molecule has 2 heterocycles. The highest BCUT2D eigenvalue weighted by Crippen LogP contribution is 2.59. The molecular weight excluding hydrogens is 390 g/mol. The van der Waals surface area contributed by atoms with Crippen molar-refractivity contribution in [3.8, 4) is 0 Å². The number of hydrogen-bond donors (Lipinski definition) is 2. The Morgan fingerprint density at radius 3 is 2.45 bits per heavy atom. The van der Waals surface area contributed by atoms with E-state index < -0.39 is 6.10 Å². The van der Waals surface area contributed by atoms with Crippen LogP contribution in [0.2, 0.25) is 0 Å². The van der Waals surface area contributed by atoms with Crippen LogP contribution < -0.4 is 5.69 Å². The number of imidazole rings is 1. The molecule has 1 aromatic carbocycles. The monoisotopic (exact) mass is 427 g/mol. The molecule has 0 unspecified atom stereocenters. The van der Waals surface area contributed by atoms with Crippen LogP contribution in [-0.2, 0) is 6.54 Å². The summed E-state index contributed by atoms with van der Waals surface area (Å²) in [4.78, 5) is 15.9. The molecule has 1 saturated heterocycles. The fraction of sp³-hybridized carbons (Fsp3) is 0.720. The number of benzene rings is 1. The van der Waals surface area contributed by atoms with Crippen molar-refractivity contribution in [2.24, 2.45) is 23.2 Å². The van der Waals surface area contributed by atoms with E-state index >= 15 is 0 Å². The van der Waals surface area contributed by atoms with E-state index in [-0.39, 0.29) is 24.9 Å². The third-order valence-electron chi connectivity index (χ3n) is 8.90. The van der Waals surface area contributed by atoms with Crippen molar-refractivity contribution in [3.05, 3.63) is 34.7 Å². The normalized spacial score (nSPS) is 29.7.